The minimum Gasteiger partial charge on any atom is -0.511 e. The van der Waals surface area contributed by atoms with Crippen LogP contribution in [0.3, 0.4) is 0 Å². The summed E-state index contributed by atoms with van der Waals surface area (Å²) in [6.07, 6.45) is -3.53. The van der Waals surface area contributed by atoms with E-state index in [0.717, 1.165) is 5.56 Å². The summed E-state index contributed by atoms with van der Waals surface area (Å²) < 4.78 is 76.0. The normalized spacial score (nSPS) is 17.8. The number of hydrogen-bond acceptors (Lipinski definition) is 6. The van der Waals surface area contributed by atoms with E-state index >= 15 is 0 Å². The number of primary sulfonamides is 1. The fourth-order valence-electron chi connectivity index (χ4n) is 5.61. The van der Waals surface area contributed by atoms with Crippen molar-refractivity contribution in [1.82, 2.24) is 4.98 Å². The summed E-state index contributed by atoms with van der Waals surface area (Å²) in [5.74, 6) is -1.84. The van der Waals surface area contributed by atoms with Crippen LogP contribution < -0.4 is 5.14 Å². The maximum atomic E-state index is 14.9. The van der Waals surface area contributed by atoms with Gasteiger partial charge in [0.1, 0.15) is 16.9 Å². The summed E-state index contributed by atoms with van der Waals surface area (Å²) in [4.78, 5) is 17.4. The van der Waals surface area contributed by atoms with Crippen LogP contribution >= 0.6 is 0 Å². The molecule has 1 atom stereocenters. The number of alkyl halides is 3. The maximum absolute atomic E-state index is 14.9. The molecular weight excluding hydrogens is 569 g/mol. The number of carbonyl (C=O) groups is 1. The van der Waals surface area contributed by atoms with Crippen molar-refractivity contribution < 1.29 is 36.2 Å². The molecule has 0 radical (unpaired) electrons. The summed E-state index contributed by atoms with van der Waals surface area (Å²) in [6.45, 7) is 3.51. The minimum atomic E-state index is -5.06. The fourth-order valence-corrected chi connectivity index (χ4v) is 6.35. The Hall–Kier alpha value is -3.70. The van der Waals surface area contributed by atoms with Crippen molar-refractivity contribution in [2.75, 3.05) is 0 Å². The number of nitrogens with two attached hydrogens (primary N) is 1. The summed E-state index contributed by atoms with van der Waals surface area (Å²) in [7, 11) is -4.69. The van der Waals surface area contributed by atoms with Gasteiger partial charge in [0.2, 0.25) is 0 Å². The number of ether oxygens (including phenoxy) is 1. The number of benzene rings is 2. The van der Waals surface area contributed by atoms with Crippen LogP contribution in [0, 0.1) is 0 Å². The van der Waals surface area contributed by atoms with Gasteiger partial charge in [-0.05, 0) is 42.4 Å². The monoisotopic (exact) mass is 602 g/mol. The van der Waals surface area contributed by atoms with Crippen LogP contribution in [0.2, 0.25) is 0 Å². The van der Waals surface area contributed by atoms with E-state index in [2.05, 4.69) is 4.98 Å². The number of pyridine rings is 1. The summed E-state index contributed by atoms with van der Waals surface area (Å²) >= 11 is 0. The number of aromatic nitrogens is 1. The highest BCUT2D eigenvalue weighted by Crippen LogP contribution is 2.46. The van der Waals surface area contributed by atoms with Gasteiger partial charge in [0.25, 0.3) is 10.0 Å². The lowest BCUT2D eigenvalue weighted by atomic mass is 9.82. The number of carbonyl (C=O) groups excluding carboxylic acids is 1. The standard InChI is InChI=1S/C31H33F3N2O5S/c1-3-11-22-24(21-14-9-6-10-15-21)28(42(35,39)40)36-27(26(22)31(32,33)34)25-23(37)19-30(17-4-2,41-29(25)38)18-16-20-12-7-5-8-13-20/h5-10,12-15,37H,3-4,11,16-19H2,1-2H3,(H2,35,39,40). The Morgan fingerprint density at radius 2 is 1.60 bits per heavy atom. The van der Waals surface area contributed by atoms with Crippen LogP contribution in [0.5, 0.6) is 0 Å². The average Bonchev–Trinajstić information content (AvgIpc) is 2.91. The topological polar surface area (TPSA) is 120 Å². The van der Waals surface area contributed by atoms with E-state index in [1.807, 2.05) is 37.3 Å². The van der Waals surface area contributed by atoms with Gasteiger partial charge in [0.05, 0.1) is 11.3 Å². The van der Waals surface area contributed by atoms with Crippen LogP contribution in [0.4, 0.5) is 13.2 Å². The number of aryl methyl sites for hydroxylation is 1. The largest absolute Gasteiger partial charge is 0.511 e. The molecule has 11 heteroatoms. The highest BCUT2D eigenvalue weighted by molar-refractivity contribution is 7.89. The zero-order valence-corrected chi connectivity index (χ0v) is 24.2. The third-order valence-corrected chi connectivity index (χ3v) is 8.16. The molecule has 2 aromatic carbocycles. The lowest BCUT2D eigenvalue weighted by Gasteiger charge is -2.37. The molecule has 1 unspecified atom stereocenters. The Morgan fingerprint density at radius 3 is 2.12 bits per heavy atom. The fraction of sp³-hybridized carbons (Fsp3) is 0.355. The third-order valence-electron chi connectivity index (χ3n) is 7.33. The molecule has 0 aliphatic carbocycles. The first kappa shape index (κ1) is 31.2. The number of nitrogens with zero attached hydrogens (tertiary/aromatic N) is 1. The van der Waals surface area contributed by atoms with Crippen LogP contribution in [0.1, 0.15) is 68.3 Å². The molecule has 224 valence electrons. The van der Waals surface area contributed by atoms with Crippen molar-refractivity contribution in [1.29, 1.82) is 0 Å². The van der Waals surface area contributed by atoms with Crippen molar-refractivity contribution >= 4 is 21.6 Å². The summed E-state index contributed by atoms with van der Waals surface area (Å²) in [6, 6.07) is 17.1. The molecule has 7 nitrogen and oxygen atoms in total. The van der Waals surface area contributed by atoms with Gasteiger partial charge in [0.15, 0.2) is 5.03 Å². The first-order chi connectivity index (χ1) is 19.8. The first-order valence-corrected chi connectivity index (χ1v) is 15.3. The van der Waals surface area contributed by atoms with Crippen molar-refractivity contribution in [2.45, 2.75) is 75.6 Å². The number of sulfonamides is 1. The van der Waals surface area contributed by atoms with Crippen LogP contribution in [0.25, 0.3) is 16.7 Å². The van der Waals surface area contributed by atoms with Crippen LogP contribution in [-0.4, -0.2) is 30.1 Å². The number of rotatable bonds is 10. The molecule has 0 saturated carbocycles. The SMILES string of the molecule is CCCc1c(-c2ccccc2)c(S(N)(=O)=O)nc(C2=C(O)CC(CCC)(CCc3ccccc3)OC2=O)c1C(F)(F)F. The number of esters is 1. The van der Waals surface area contributed by atoms with Gasteiger partial charge >= 0.3 is 12.1 Å². The van der Waals surface area contributed by atoms with E-state index in [1.54, 1.807) is 25.1 Å². The predicted octanol–water partition coefficient (Wildman–Crippen LogP) is 6.76. The van der Waals surface area contributed by atoms with Crippen molar-refractivity contribution in [2.24, 2.45) is 5.14 Å². The van der Waals surface area contributed by atoms with E-state index in [1.165, 1.54) is 12.1 Å². The van der Waals surface area contributed by atoms with Crippen LogP contribution in [-0.2, 0) is 38.6 Å². The number of cyclic esters (lactones) is 1. The Balaban J connectivity index is 1.96. The van der Waals surface area contributed by atoms with E-state index < -0.39 is 55.4 Å². The molecule has 1 aromatic heterocycles. The van der Waals surface area contributed by atoms with Crippen molar-refractivity contribution in [3.05, 3.63) is 88.8 Å². The predicted molar refractivity (Wildman–Crippen MR) is 153 cm³/mol. The third kappa shape index (κ3) is 6.52. The Bertz CT molecular complexity index is 1590. The van der Waals surface area contributed by atoms with Crippen molar-refractivity contribution in [3.8, 4) is 11.1 Å². The Morgan fingerprint density at radius 1 is 0.976 bits per heavy atom. The highest BCUT2D eigenvalue weighted by atomic mass is 32.2. The average molecular weight is 603 g/mol. The first-order valence-electron chi connectivity index (χ1n) is 13.7. The Labute approximate surface area is 243 Å². The van der Waals surface area contributed by atoms with E-state index in [0.29, 0.717) is 25.7 Å². The van der Waals surface area contributed by atoms with Gasteiger partial charge in [0, 0.05) is 12.0 Å². The van der Waals surface area contributed by atoms with Gasteiger partial charge in [-0.3, -0.25) is 0 Å². The molecule has 0 amide bonds. The number of aliphatic hydroxyl groups excluding tert-OH is 1. The molecule has 1 aliphatic heterocycles. The summed E-state index contributed by atoms with van der Waals surface area (Å²) in [5, 5.41) is 15.9. The van der Waals surface area contributed by atoms with Gasteiger partial charge in [-0.1, -0.05) is 87.4 Å². The lowest BCUT2D eigenvalue weighted by Crippen LogP contribution is -2.41. The molecule has 0 bridgehead atoms. The van der Waals surface area contributed by atoms with E-state index in [9.17, 15) is 31.5 Å². The second kappa shape index (κ2) is 12.3. The smallest absolute Gasteiger partial charge is 0.418 e. The molecule has 3 N–H and O–H groups in total. The molecule has 2 heterocycles. The molecule has 1 aliphatic rings. The number of aliphatic hydroxyl groups is 1. The summed E-state index contributed by atoms with van der Waals surface area (Å²) in [5.41, 5.74) is -3.81. The molecule has 3 aromatic rings. The molecule has 0 spiro atoms. The molecule has 4 rings (SSSR count). The molecule has 42 heavy (non-hydrogen) atoms. The zero-order valence-electron chi connectivity index (χ0n) is 23.4. The second-order valence-electron chi connectivity index (χ2n) is 10.5. The zero-order chi connectivity index (χ0) is 30.7. The van der Waals surface area contributed by atoms with Crippen molar-refractivity contribution in [3.63, 3.8) is 0 Å². The van der Waals surface area contributed by atoms with Gasteiger partial charge < -0.3 is 9.84 Å². The van der Waals surface area contributed by atoms with Gasteiger partial charge in [-0.2, -0.15) is 13.2 Å². The minimum absolute atomic E-state index is 0.168. The van der Waals surface area contributed by atoms with Crippen LogP contribution in [0.15, 0.2) is 71.4 Å². The van der Waals surface area contributed by atoms with E-state index in [-0.39, 0.29) is 36.0 Å². The number of halogens is 3. The maximum Gasteiger partial charge on any atom is 0.418 e. The Kier molecular flexibility index (Phi) is 9.12. The van der Waals surface area contributed by atoms with Gasteiger partial charge in [-0.15, -0.1) is 0 Å². The second-order valence-corrected chi connectivity index (χ2v) is 11.9. The quantitative estimate of drug-likeness (QED) is 0.248. The molecule has 0 saturated heterocycles. The number of hydrogen-bond donors (Lipinski definition) is 2. The van der Waals surface area contributed by atoms with Gasteiger partial charge in [-0.25, -0.2) is 23.3 Å². The van der Waals surface area contributed by atoms with E-state index in [4.69, 9.17) is 9.88 Å². The highest BCUT2D eigenvalue weighted by Gasteiger charge is 2.47. The molecule has 0 fully saturated rings. The lowest BCUT2D eigenvalue weighted by molar-refractivity contribution is -0.157. The molecular formula is C31H33F3N2O5S.